The molecule has 172 valence electrons. The third-order valence-corrected chi connectivity index (χ3v) is 6.46. The maximum Gasteiger partial charge on any atom is 0.0548 e. The first-order chi connectivity index (χ1) is 13.7. The molecule has 2 bridgehead atoms. The summed E-state index contributed by atoms with van der Waals surface area (Å²) in [6.07, 6.45) is -2.47. The third-order valence-electron chi connectivity index (χ3n) is 4.22. The van der Waals surface area contributed by atoms with Crippen LogP contribution in [0.3, 0.4) is 0 Å². The van der Waals surface area contributed by atoms with E-state index in [1.165, 1.54) is 14.7 Å². The zero-order valence-corrected chi connectivity index (χ0v) is 18.6. The van der Waals surface area contributed by atoms with Crippen molar-refractivity contribution in [3.63, 3.8) is 0 Å². The smallest absolute Gasteiger partial charge is 0.0548 e. The number of pyridine rings is 1. The second-order valence-electron chi connectivity index (χ2n) is 7.10. The lowest BCUT2D eigenvalue weighted by Crippen LogP contribution is -2.44. The van der Waals surface area contributed by atoms with Crippen LogP contribution in [-0.2, 0) is 26.8 Å². The lowest BCUT2D eigenvalue weighted by Gasteiger charge is -2.41. The topological polar surface area (TPSA) is 212 Å². The van der Waals surface area contributed by atoms with Crippen LogP contribution >= 0.6 is 22.8 Å². The summed E-state index contributed by atoms with van der Waals surface area (Å²) < 4.78 is 33.7. The molecule has 0 atom stereocenters. The van der Waals surface area contributed by atoms with Gasteiger partial charge in [0.1, 0.15) is 0 Å². The Morgan fingerprint density at radius 1 is 0.667 bits per heavy atom. The van der Waals surface area contributed by atoms with Crippen LogP contribution < -0.4 is 29.4 Å². The summed E-state index contributed by atoms with van der Waals surface area (Å²) in [6, 6.07) is 4.79. The lowest BCUT2D eigenvalue weighted by molar-refractivity contribution is -0.318. The summed E-state index contributed by atoms with van der Waals surface area (Å²) in [5.41, 5.74) is 0.803. The fourth-order valence-electron chi connectivity index (χ4n) is 3.12. The van der Waals surface area contributed by atoms with Gasteiger partial charge in [-0.1, -0.05) is 28.9 Å². The molecule has 0 radical (unpaired) electrons. The Morgan fingerprint density at radius 2 is 1.00 bits per heavy atom. The average molecular weight is 482 g/mol. The predicted octanol–water partition coefficient (Wildman–Crippen LogP) is -4.39. The molecule has 0 spiro atoms. The monoisotopic (exact) mass is 482 g/mol. The van der Waals surface area contributed by atoms with Crippen LogP contribution in [0.2, 0.25) is 0 Å². The van der Waals surface area contributed by atoms with Crippen molar-refractivity contribution in [2.24, 2.45) is 0 Å². The molecule has 0 amide bonds. The van der Waals surface area contributed by atoms with Crippen molar-refractivity contribution in [3.8, 4) is 0 Å². The van der Waals surface area contributed by atoms with Gasteiger partial charge in [0, 0.05) is 58.1 Å². The van der Waals surface area contributed by atoms with Gasteiger partial charge < -0.3 is 43.1 Å². The molecule has 1 aromatic rings. The maximum absolute atomic E-state index is 11.2. The SMILES string of the molecule is O=P([O-])([O-])CN1CCN(CP(=O)([O-])[O-])Cc2cccc(n2)CN(CP(=O)([O-])[O-])CC1. The van der Waals surface area contributed by atoms with Crippen molar-refractivity contribution in [2.75, 3.05) is 45.0 Å². The first-order valence-electron chi connectivity index (χ1n) is 8.84. The largest absolute Gasteiger partial charge is 0.810 e. The molecule has 0 fully saturated rings. The molecule has 1 aliphatic rings. The van der Waals surface area contributed by atoms with Crippen molar-refractivity contribution in [1.82, 2.24) is 19.7 Å². The van der Waals surface area contributed by atoms with Crippen molar-refractivity contribution >= 4 is 22.8 Å². The number of aromatic nitrogens is 1. The van der Waals surface area contributed by atoms with Crippen molar-refractivity contribution in [3.05, 3.63) is 29.6 Å². The number of fused-ring (bicyclic) bond motifs is 2. The molecule has 0 aliphatic carbocycles. The van der Waals surface area contributed by atoms with Crippen LogP contribution in [0.1, 0.15) is 11.4 Å². The minimum absolute atomic E-state index is 0.0375. The zero-order chi connectivity index (χ0) is 22.6. The molecule has 30 heavy (non-hydrogen) atoms. The minimum Gasteiger partial charge on any atom is -0.810 e. The van der Waals surface area contributed by atoms with Gasteiger partial charge in [0.25, 0.3) is 0 Å². The molecule has 0 unspecified atom stereocenters. The predicted molar refractivity (Wildman–Crippen MR) is 94.1 cm³/mol. The number of hydrogen-bond acceptors (Lipinski definition) is 13. The van der Waals surface area contributed by atoms with Crippen molar-refractivity contribution in [2.45, 2.75) is 13.1 Å². The molecule has 1 aliphatic heterocycles. The molecule has 2 rings (SSSR count). The summed E-state index contributed by atoms with van der Waals surface area (Å²) in [5, 5.41) is 0. The number of rotatable bonds is 6. The fourth-order valence-corrected chi connectivity index (χ4v) is 5.35. The molecule has 16 heteroatoms. The fraction of sp³-hybridized carbons (Fsp3) is 0.643. The molecule has 0 saturated carbocycles. The summed E-state index contributed by atoms with van der Waals surface area (Å²) >= 11 is 0. The van der Waals surface area contributed by atoms with Crippen LogP contribution in [0.25, 0.3) is 0 Å². The molecule has 0 aromatic carbocycles. The Labute approximate surface area is 173 Å². The molecule has 2 heterocycles. The van der Waals surface area contributed by atoms with E-state index < -0.39 is 41.6 Å². The first-order valence-corrected chi connectivity index (χ1v) is 14.0. The van der Waals surface area contributed by atoms with Gasteiger partial charge in [-0.15, -0.1) is 0 Å². The summed E-state index contributed by atoms with van der Waals surface area (Å²) in [5.74, 6) is 0. The standard InChI is InChI=1S/C14H27N4O9P3/c19-28(20,21)10-16-4-6-17(11-29(22,23)24)8-13-2-1-3-14(15-13)9-18(7-5-16)12-30(25,26)27/h1-3H,4-12H2,(H2,19,20,21)(H2,22,23,24)(H2,25,26,27)/p-6. The highest BCUT2D eigenvalue weighted by Crippen LogP contribution is 2.28. The molecular formula is C14H21N4O9P3-6. The minimum atomic E-state index is -4.97. The van der Waals surface area contributed by atoms with E-state index in [0.717, 1.165) is 0 Å². The van der Waals surface area contributed by atoms with Crippen molar-refractivity contribution < 1.29 is 43.1 Å². The highest BCUT2D eigenvalue weighted by molar-refractivity contribution is 7.49. The quantitative estimate of drug-likeness (QED) is 0.351. The summed E-state index contributed by atoms with van der Waals surface area (Å²) in [7, 11) is -14.8. The Bertz CT molecular complexity index is 802. The Kier molecular flexibility index (Phi) is 8.92. The van der Waals surface area contributed by atoms with Crippen molar-refractivity contribution in [1.29, 1.82) is 0 Å². The maximum atomic E-state index is 11.2. The number of hydrogen-bond donors (Lipinski definition) is 0. The zero-order valence-electron chi connectivity index (χ0n) is 15.9. The van der Waals surface area contributed by atoms with E-state index in [4.69, 9.17) is 0 Å². The molecule has 1 aromatic heterocycles. The van der Waals surface area contributed by atoms with Gasteiger partial charge in [-0.3, -0.25) is 19.7 Å². The van der Waals surface area contributed by atoms with E-state index in [-0.39, 0.29) is 39.3 Å². The van der Waals surface area contributed by atoms with Crippen LogP contribution in [0.4, 0.5) is 0 Å². The normalized spacial score (nSPS) is 19.3. The van der Waals surface area contributed by atoms with E-state index >= 15 is 0 Å². The lowest BCUT2D eigenvalue weighted by atomic mass is 10.2. The Balaban J connectivity index is 2.32. The molecule has 13 nitrogen and oxygen atoms in total. The van der Waals surface area contributed by atoms with Gasteiger partial charge in [0.15, 0.2) is 0 Å². The van der Waals surface area contributed by atoms with E-state index in [9.17, 15) is 43.1 Å². The van der Waals surface area contributed by atoms with E-state index in [2.05, 4.69) is 4.98 Å². The average Bonchev–Trinajstić information content (AvgIpc) is 2.52. The van der Waals surface area contributed by atoms with Crippen LogP contribution in [0.15, 0.2) is 18.2 Å². The Morgan fingerprint density at radius 3 is 1.37 bits per heavy atom. The first kappa shape index (κ1) is 25.7. The second-order valence-corrected chi connectivity index (χ2v) is 11.6. The second kappa shape index (κ2) is 10.4. The molecule has 0 saturated heterocycles. The van der Waals surface area contributed by atoms with Gasteiger partial charge >= 0.3 is 0 Å². The van der Waals surface area contributed by atoms with Crippen LogP contribution in [0, 0.1) is 0 Å². The Hall–Kier alpha value is -0.520. The van der Waals surface area contributed by atoms with Gasteiger partial charge in [-0.25, -0.2) is 0 Å². The summed E-state index contributed by atoms with van der Waals surface area (Å²) in [6.45, 7) is -0.332. The molecule has 0 N–H and O–H groups in total. The number of nitrogens with zero attached hydrogens (tertiary/aromatic N) is 4. The molecular weight excluding hydrogens is 461 g/mol. The van der Waals surface area contributed by atoms with E-state index in [0.29, 0.717) is 11.4 Å². The summed E-state index contributed by atoms with van der Waals surface area (Å²) in [4.78, 5) is 75.5. The van der Waals surface area contributed by atoms with Gasteiger partial charge in [0.05, 0.1) is 11.4 Å². The highest BCUT2D eigenvalue weighted by Gasteiger charge is 2.17. The van der Waals surface area contributed by atoms with Gasteiger partial charge in [0.2, 0.25) is 0 Å². The van der Waals surface area contributed by atoms with Gasteiger partial charge in [-0.2, -0.15) is 0 Å². The van der Waals surface area contributed by atoms with Crippen LogP contribution in [-0.4, -0.2) is 64.7 Å². The highest BCUT2D eigenvalue weighted by atomic mass is 31.2. The van der Waals surface area contributed by atoms with Gasteiger partial charge in [-0.05, 0) is 12.1 Å². The third kappa shape index (κ3) is 10.7. The van der Waals surface area contributed by atoms with E-state index in [1.54, 1.807) is 18.2 Å². The van der Waals surface area contributed by atoms with Crippen LogP contribution in [0.5, 0.6) is 0 Å². The van der Waals surface area contributed by atoms with E-state index in [1.807, 2.05) is 0 Å².